The van der Waals surface area contributed by atoms with E-state index in [0.29, 0.717) is 57.3 Å². The summed E-state index contributed by atoms with van der Waals surface area (Å²) in [5.74, 6) is -2.32. The molecule has 6 aliphatic rings. The number of carboxylic acid groups (broad SMARTS) is 1. The molecule has 1 aromatic heterocycles. The number of esters is 2. The molecule has 11 nitrogen and oxygen atoms in total. The van der Waals surface area contributed by atoms with Crippen LogP contribution in [0.25, 0.3) is 0 Å². The average molecular weight is 738 g/mol. The molecule has 11 heteroatoms. The Balaban J connectivity index is 1.29. The van der Waals surface area contributed by atoms with Crippen LogP contribution in [0.4, 0.5) is 0 Å². The molecule has 0 spiro atoms. The molecular weight excluding hydrogens is 678 g/mol. The lowest BCUT2D eigenvalue weighted by atomic mass is 9.33. The molecule has 2 heterocycles. The number of rotatable bonds is 7. The zero-order valence-corrected chi connectivity index (χ0v) is 32.9. The number of ketones is 1. The number of carbonyl (C=O) groups excluding carboxylic acids is 3. The van der Waals surface area contributed by atoms with E-state index >= 15 is 4.79 Å². The fourth-order valence-electron chi connectivity index (χ4n) is 13.4. The Kier molecular flexibility index (Phi) is 9.10. The quantitative estimate of drug-likeness (QED) is 0.291. The topological polar surface area (TPSA) is 154 Å². The molecule has 4 saturated carbocycles. The Morgan fingerprint density at radius 2 is 1.62 bits per heavy atom. The van der Waals surface area contributed by atoms with Crippen LogP contribution < -0.4 is 5.82 Å². The highest BCUT2D eigenvalue weighted by Crippen LogP contribution is 2.75. The van der Waals surface area contributed by atoms with Crippen molar-refractivity contribution >= 4 is 23.7 Å². The summed E-state index contributed by atoms with van der Waals surface area (Å²) < 4.78 is 21.8. The van der Waals surface area contributed by atoms with Gasteiger partial charge in [-0.2, -0.15) is 0 Å². The van der Waals surface area contributed by atoms with E-state index in [1.807, 2.05) is 26.8 Å². The number of hydrogen-bond donors (Lipinski definition) is 1. The third-order valence-electron chi connectivity index (χ3n) is 16.7. The zero-order chi connectivity index (χ0) is 38.5. The van der Waals surface area contributed by atoms with Crippen LogP contribution in [0.5, 0.6) is 0 Å². The molecule has 0 radical (unpaired) electrons. The number of ether oxygens (including phenoxy) is 2. The first kappa shape index (κ1) is 38.1. The van der Waals surface area contributed by atoms with Gasteiger partial charge < -0.3 is 23.4 Å². The number of carboxylic acids is 1. The Morgan fingerprint density at radius 3 is 2.30 bits per heavy atom. The van der Waals surface area contributed by atoms with Crippen molar-refractivity contribution in [1.82, 2.24) is 4.90 Å². The largest absolute Gasteiger partial charge is 0.519 e. The molecule has 292 valence electrons. The van der Waals surface area contributed by atoms with Crippen molar-refractivity contribution in [2.75, 3.05) is 13.7 Å². The maximum Gasteiger partial charge on any atom is 0.519 e. The number of carbonyl (C=O) groups is 4. The number of fused-ring (bicyclic) bond motifs is 7. The molecular formula is C42H59NO10. The number of hydrogen-bond acceptors (Lipinski definition) is 10. The number of aliphatic carboxylic acids is 1. The van der Waals surface area contributed by atoms with E-state index in [1.165, 1.54) is 7.11 Å². The van der Waals surface area contributed by atoms with Crippen molar-refractivity contribution in [3.05, 3.63) is 33.8 Å². The minimum absolute atomic E-state index is 0.0146. The van der Waals surface area contributed by atoms with Gasteiger partial charge in [-0.3, -0.25) is 24.1 Å². The fourth-order valence-corrected chi connectivity index (χ4v) is 13.4. The van der Waals surface area contributed by atoms with E-state index in [2.05, 4.69) is 32.6 Å². The predicted octanol–water partition coefficient (Wildman–Crippen LogP) is 6.89. The first-order valence-electron chi connectivity index (χ1n) is 19.9. The normalized spacial score (nSPS) is 43.8. The van der Waals surface area contributed by atoms with E-state index in [0.717, 1.165) is 37.7 Å². The molecule has 1 aromatic rings. The summed E-state index contributed by atoms with van der Waals surface area (Å²) in [6.45, 7) is 15.2. The maximum atomic E-state index is 15.0. The number of aryl methyl sites for hydroxylation is 1. The van der Waals surface area contributed by atoms with Gasteiger partial charge in [0.15, 0.2) is 23.9 Å². The van der Waals surface area contributed by atoms with E-state index in [4.69, 9.17) is 18.3 Å². The smallest absolute Gasteiger partial charge is 0.481 e. The van der Waals surface area contributed by atoms with Crippen molar-refractivity contribution in [2.24, 2.45) is 50.2 Å². The Morgan fingerprint density at radius 1 is 0.925 bits per heavy atom. The summed E-state index contributed by atoms with van der Waals surface area (Å²) in [6, 6.07) is -0.809. The maximum absolute atomic E-state index is 15.0. The van der Waals surface area contributed by atoms with E-state index < -0.39 is 45.5 Å². The second kappa shape index (κ2) is 12.7. The second-order valence-electron chi connectivity index (χ2n) is 19.0. The minimum Gasteiger partial charge on any atom is -0.481 e. The predicted molar refractivity (Wildman–Crippen MR) is 193 cm³/mol. The van der Waals surface area contributed by atoms with Crippen molar-refractivity contribution < 1.29 is 42.6 Å². The second-order valence-corrected chi connectivity index (χ2v) is 19.0. The summed E-state index contributed by atoms with van der Waals surface area (Å²) in [6.07, 6.45) is 10.4. The summed E-state index contributed by atoms with van der Waals surface area (Å²) in [4.78, 5) is 69.6. The van der Waals surface area contributed by atoms with Gasteiger partial charge in [0, 0.05) is 18.4 Å². The molecule has 11 atom stereocenters. The molecule has 0 bridgehead atoms. The van der Waals surface area contributed by atoms with Crippen molar-refractivity contribution in [3.63, 3.8) is 0 Å². The zero-order valence-electron chi connectivity index (χ0n) is 32.9. The minimum atomic E-state index is -1.11. The third-order valence-corrected chi connectivity index (χ3v) is 16.7. The molecule has 5 aliphatic carbocycles. The first-order valence-corrected chi connectivity index (χ1v) is 19.9. The van der Waals surface area contributed by atoms with Gasteiger partial charge in [-0.15, -0.1) is 0 Å². The summed E-state index contributed by atoms with van der Waals surface area (Å²) in [5, 5.41) is 10.3. The molecule has 53 heavy (non-hydrogen) atoms. The summed E-state index contributed by atoms with van der Waals surface area (Å²) in [5.41, 5.74) is -2.13. The van der Waals surface area contributed by atoms with Gasteiger partial charge in [-0.25, -0.2) is 4.79 Å². The van der Waals surface area contributed by atoms with Gasteiger partial charge >= 0.3 is 23.7 Å². The number of nitrogens with zero attached hydrogens (tertiary/aromatic N) is 1. The van der Waals surface area contributed by atoms with Crippen LogP contribution in [0.15, 0.2) is 25.3 Å². The molecule has 1 N–H and O–H groups in total. The molecule has 5 fully saturated rings. The highest BCUT2D eigenvalue weighted by molar-refractivity contribution is 5.96. The summed E-state index contributed by atoms with van der Waals surface area (Å²) >= 11 is 0. The first-order chi connectivity index (χ1) is 24.8. The van der Waals surface area contributed by atoms with Crippen LogP contribution in [-0.4, -0.2) is 59.4 Å². The van der Waals surface area contributed by atoms with Crippen molar-refractivity contribution in [2.45, 2.75) is 144 Å². The van der Waals surface area contributed by atoms with E-state index in [-0.39, 0.29) is 58.7 Å². The van der Waals surface area contributed by atoms with Crippen LogP contribution in [-0.2, 0) is 41.7 Å². The lowest BCUT2D eigenvalue weighted by Gasteiger charge is -2.70. The molecule has 1 aliphatic heterocycles. The molecule has 0 aromatic carbocycles. The molecule has 1 saturated heterocycles. The van der Waals surface area contributed by atoms with Crippen molar-refractivity contribution in [1.29, 1.82) is 0 Å². The van der Waals surface area contributed by atoms with E-state index in [9.17, 15) is 24.3 Å². The third kappa shape index (κ3) is 5.31. The molecule has 7 rings (SSSR count). The number of allylic oxidation sites excluding steroid dienone is 2. The highest BCUT2D eigenvalue weighted by atomic mass is 16.6. The number of likely N-dealkylation sites (tertiary alicyclic amines) is 1. The monoisotopic (exact) mass is 737 g/mol. The van der Waals surface area contributed by atoms with Gasteiger partial charge in [0.1, 0.15) is 6.04 Å². The Labute approximate surface area is 312 Å². The van der Waals surface area contributed by atoms with Gasteiger partial charge in [0.25, 0.3) is 0 Å². The Hall–Kier alpha value is -3.21. The van der Waals surface area contributed by atoms with E-state index in [1.54, 1.807) is 0 Å². The van der Waals surface area contributed by atoms with Gasteiger partial charge in [0.2, 0.25) is 0 Å². The van der Waals surface area contributed by atoms with Crippen LogP contribution in [0.2, 0.25) is 0 Å². The van der Waals surface area contributed by atoms with Gasteiger partial charge in [0.05, 0.1) is 17.9 Å². The fraction of sp³-hybridized carbons (Fsp3) is 0.786. The standard InChI is InChI=1S/C42H59NO10/c1-9-28-29(53-36(49)52-28)23-51-35(48)42(7)30-12-15-41(6)32(39(30,4)14-13-31(42)43-20-10-11-26(43)33(45)50-8)27(44)21-24-25-22-38(3,34(46)47)17-16-37(25,2)18-19-40(24,41)5/h21,25-26,30-32H,9-20,22-23H2,1-8H3,(H,46,47)/t25-,26?,30+,31-,32+,37+,38-,39-,40+,41+,42-/m0/s1. The molecule has 1 unspecified atom stereocenters. The highest BCUT2D eigenvalue weighted by Gasteiger charge is 2.72. The van der Waals surface area contributed by atoms with Gasteiger partial charge in [-0.1, -0.05) is 40.2 Å². The summed E-state index contributed by atoms with van der Waals surface area (Å²) in [7, 11) is 1.40. The van der Waals surface area contributed by atoms with Crippen LogP contribution in [0, 0.1) is 50.2 Å². The average Bonchev–Trinajstić information content (AvgIpc) is 3.74. The van der Waals surface area contributed by atoms with Crippen LogP contribution in [0.3, 0.4) is 0 Å². The lowest BCUT2D eigenvalue weighted by molar-refractivity contribution is -0.213. The SMILES string of the molecule is CCc1oc(=O)oc1COC(=O)[C@]1(C)[C@@H](N2CCCC2C(=O)OC)CC[C@@]2(C)[C@H]1CC[C@]1(C)[C@@H]2C(=O)C=C2[C@@H]3C[C@@](C)(C(=O)O)CC[C@]3(C)CC[C@]21C. The molecule has 0 amide bonds. The van der Waals surface area contributed by atoms with Crippen LogP contribution in [0.1, 0.15) is 131 Å². The Bertz CT molecular complexity index is 1790. The van der Waals surface area contributed by atoms with Crippen molar-refractivity contribution in [3.8, 4) is 0 Å². The number of methoxy groups -OCH3 is 1. The van der Waals surface area contributed by atoms with Crippen LogP contribution >= 0.6 is 0 Å². The van der Waals surface area contributed by atoms with Gasteiger partial charge in [-0.05, 0) is 131 Å². The lowest BCUT2D eigenvalue weighted by Crippen LogP contribution is -2.70.